The maximum absolute atomic E-state index is 12.9. The molecule has 0 saturated carbocycles. The van der Waals surface area contributed by atoms with E-state index in [2.05, 4.69) is 6.08 Å². The van der Waals surface area contributed by atoms with Gasteiger partial charge in [0.25, 0.3) is 0 Å². The molecule has 31 heavy (non-hydrogen) atoms. The predicted molar refractivity (Wildman–Crippen MR) is 113 cm³/mol. The summed E-state index contributed by atoms with van der Waals surface area (Å²) in [4.78, 5) is 52.1. The summed E-state index contributed by atoms with van der Waals surface area (Å²) in [5.74, 6) is -1.64. The van der Waals surface area contributed by atoms with E-state index >= 15 is 0 Å². The molecule has 7 heteroatoms. The Bertz CT molecular complexity index is 1190. The summed E-state index contributed by atoms with van der Waals surface area (Å²) in [6, 6.07) is 4.56. The molecule has 1 aliphatic heterocycles. The molecule has 2 aromatic rings. The molecule has 3 aliphatic rings. The standard InChI is InChI=1S/C24H24N2O5/c27-21-13-18(19-11-16-7-4-8-17(16)12-20(19)31-21)14-26-23(29)22(28)25(24(26)30)10-9-15-5-2-1-3-6-15/h5,11-13H,1-4,6-10,14H2. The highest BCUT2D eigenvalue weighted by Crippen LogP contribution is 2.30. The molecule has 4 amide bonds. The lowest BCUT2D eigenvalue weighted by Crippen LogP contribution is -2.34. The van der Waals surface area contributed by atoms with Crippen molar-refractivity contribution in [3.05, 3.63) is 57.0 Å². The van der Waals surface area contributed by atoms with Crippen molar-refractivity contribution >= 4 is 28.8 Å². The van der Waals surface area contributed by atoms with Crippen LogP contribution in [0, 0.1) is 0 Å². The van der Waals surface area contributed by atoms with Crippen molar-refractivity contribution in [2.24, 2.45) is 0 Å². The molecule has 0 unspecified atom stereocenters. The van der Waals surface area contributed by atoms with Gasteiger partial charge in [0.2, 0.25) is 0 Å². The molecule has 1 aromatic carbocycles. The van der Waals surface area contributed by atoms with E-state index in [0.717, 1.165) is 48.3 Å². The van der Waals surface area contributed by atoms with Gasteiger partial charge in [0.05, 0.1) is 6.54 Å². The number of carbonyl (C=O) groups excluding carboxylic acids is 3. The summed E-state index contributed by atoms with van der Waals surface area (Å²) < 4.78 is 5.37. The molecule has 0 bridgehead atoms. The van der Waals surface area contributed by atoms with Gasteiger partial charge in [0, 0.05) is 18.0 Å². The fraction of sp³-hybridized carbons (Fsp3) is 0.417. The Hall–Kier alpha value is -3.22. The molecule has 1 aromatic heterocycles. The third-order valence-electron chi connectivity index (χ3n) is 6.55. The van der Waals surface area contributed by atoms with Gasteiger partial charge in [-0.25, -0.2) is 9.59 Å². The van der Waals surface area contributed by atoms with Gasteiger partial charge in [-0.15, -0.1) is 0 Å². The Morgan fingerprint density at radius 2 is 1.61 bits per heavy atom. The summed E-state index contributed by atoms with van der Waals surface area (Å²) in [5, 5.41) is 0.708. The number of urea groups is 1. The average Bonchev–Trinajstić information content (AvgIpc) is 3.30. The van der Waals surface area contributed by atoms with Crippen molar-refractivity contribution in [2.75, 3.05) is 6.54 Å². The smallest absolute Gasteiger partial charge is 0.336 e. The second-order valence-corrected chi connectivity index (χ2v) is 8.55. The van der Waals surface area contributed by atoms with E-state index in [-0.39, 0.29) is 13.1 Å². The third-order valence-corrected chi connectivity index (χ3v) is 6.55. The number of hydrogen-bond donors (Lipinski definition) is 0. The maximum Gasteiger partial charge on any atom is 0.336 e. The van der Waals surface area contributed by atoms with Crippen LogP contribution in [-0.2, 0) is 29.0 Å². The topological polar surface area (TPSA) is 87.9 Å². The molecule has 0 atom stereocenters. The number of hydrogen-bond acceptors (Lipinski definition) is 5. The van der Waals surface area contributed by atoms with Crippen LogP contribution in [0.5, 0.6) is 0 Å². The normalized spacial score (nSPS) is 18.8. The second kappa shape index (κ2) is 7.80. The Kier molecular flexibility index (Phi) is 4.96. The fourth-order valence-electron chi connectivity index (χ4n) is 4.87. The second-order valence-electron chi connectivity index (χ2n) is 8.55. The van der Waals surface area contributed by atoms with E-state index in [0.29, 0.717) is 23.0 Å². The van der Waals surface area contributed by atoms with E-state index in [9.17, 15) is 19.2 Å². The number of amides is 4. The van der Waals surface area contributed by atoms with Crippen molar-refractivity contribution in [1.82, 2.24) is 9.80 Å². The summed E-state index contributed by atoms with van der Waals surface area (Å²) >= 11 is 0. The molecule has 0 N–H and O–H groups in total. The lowest BCUT2D eigenvalue weighted by Gasteiger charge is -2.18. The lowest BCUT2D eigenvalue weighted by atomic mass is 9.97. The van der Waals surface area contributed by atoms with Crippen molar-refractivity contribution in [1.29, 1.82) is 0 Å². The summed E-state index contributed by atoms with van der Waals surface area (Å²) in [7, 11) is 0. The minimum Gasteiger partial charge on any atom is -0.423 e. The predicted octanol–water partition coefficient (Wildman–Crippen LogP) is 3.46. The van der Waals surface area contributed by atoms with E-state index in [4.69, 9.17) is 4.42 Å². The van der Waals surface area contributed by atoms with Gasteiger partial charge >= 0.3 is 23.5 Å². The summed E-state index contributed by atoms with van der Waals surface area (Å²) in [6.07, 6.45) is 10.00. The van der Waals surface area contributed by atoms with Gasteiger partial charge in [-0.1, -0.05) is 11.6 Å². The molecule has 2 heterocycles. The molecule has 160 valence electrons. The SMILES string of the molecule is O=C1C(=O)N(Cc2cc(=O)oc3cc4c(cc23)CCC4)C(=O)N1CCC1=CCCCC1. The number of allylic oxidation sites excluding steroid dienone is 1. The van der Waals surface area contributed by atoms with Gasteiger partial charge in [0.15, 0.2) is 0 Å². The van der Waals surface area contributed by atoms with E-state index < -0.39 is 23.5 Å². The first-order valence-electron chi connectivity index (χ1n) is 10.9. The number of imide groups is 2. The fourth-order valence-corrected chi connectivity index (χ4v) is 4.87. The Balaban J connectivity index is 1.40. The molecule has 0 radical (unpaired) electrons. The zero-order chi connectivity index (χ0) is 21.5. The zero-order valence-electron chi connectivity index (χ0n) is 17.3. The lowest BCUT2D eigenvalue weighted by molar-refractivity contribution is -0.143. The third kappa shape index (κ3) is 3.58. The Morgan fingerprint density at radius 1 is 0.839 bits per heavy atom. The minimum atomic E-state index is -0.842. The number of benzene rings is 1. The van der Waals surface area contributed by atoms with Gasteiger partial charge in [-0.2, -0.15) is 0 Å². The first-order chi connectivity index (χ1) is 15.0. The van der Waals surface area contributed by atoms with Crippen molar-refractivity contribution in [2.45, 2.75) is 57.9 Å². The number of nitrogens with zero attached hydrogens (tertiary/aromatic N) is 2. The number of fused-ring (bicyclic) bond motifs is 2. The van der Waals surface area contributed by atoms with Crippen molar-refractivity contribution in [3.8, 4) is 0 Å². The Labute approximate surface area is 179 Å². The molecule has 5 rings (SSSR count). The van der Waals surface area contributed by atoms with Crippen LogP contribution < -0.4 is 5.63 Å². The van der Waals surface area contributed by atoms with E-state index in [1.54, 1.807) is 0 Å². The van der Waals surface area contributed by atoms with Gasteiger partial charge < -0.3 is 4.42 Å². The van der Waals surface area contributed by atoms with Gasteiger partial charge in [-0.05, 0) is 80.2 Å². The minimum absolute atomic E-state index is 0.122. The quantitative estimate of drug-likeness (QED) is 0.320. The molecule has 0 spiro atoms. The van der Waals surface area contributed by atoms with Crippen LogP contribution >= 0.6 is 0 Å². The van der Waals surface area contributed by atoms with Crippen LogP contribution in [0.25, 0.3) is 11.0 Å². The summed E-state index contributed by atoms with van der Waals surface area (Å²) in [5.41, 5.74) is 4.03. The molecular weight excluding hydrogens is 396 g/mol. The number of carbonyl (C=O) groups is 3. The monoisotopic (exact) mass is 420 g/mol. The van der Waals surface area contributed by atoms with Crippen molar-refractivity contribution in [3.63, 3.8) is 0 Å². The van der Waals surface area contributed by atoms with Crippen LogP contribution in [0.2, 0.25) is 0 Å². The highest BCUT2D eigenvalue weighted by atomic mass is 16.4. The molecule has 1 fully saturated rings. The van der Waals surface area contributed by atoms with Crippen LogP contribution in [-0.4, -0.2) is 34.2 Å². The zero-order valence-corrected chi connectivity index (χ0v) is 17.3. The van der Waals surface area contributed by atoms with Gasteiger partial charge in [0.1, 0.15) is 5.58 Å². The van der Waals surface area contributed by atoms with Gasteiger partial charge in [-0.3, -0.25) is 19.4 Å². The van der Waals surface area contributed by atoms with Crippen LogP contribution in [0.4, 0.5) is 4.79 Å². The number of rotatable bonds is 5. The first-order valence-corrected chi connectivity index (χ1v) is 10.9. The number of aryl methyl sites for hydroxylation is 2. The first kappa shape index (κ1) is 19.7. The largest absolute Gasteiger partial charge is 0.423 e. The highest BCUT2D eigenvalue weighted by molar-refractivity contribution is 6.44. The molecule has 7 nitrogen and oxygen atoms in total. The summed E-state index contributed by atoms with van der Waals surface area (Å²) in [6.45, 7) is 0.0837. The van der Waals surface area contributed by atoms with Crippen LogP contribution in [0.15, 0.2) is 39.1 Å². The maximum atomic E-state index is 12.9. The van der Waals surface area contributed by atoms with Crippen LogP contribution in [0.1, 0.15) is 55.2 Å². The molecule has 1 saturated heterocycles. The van der Waals surface area contributed by atoms with Crippen molar-refractivity contribution < 1.29 is 18.8 Å². The molecule has 2 aliphatic carbocycles. The average molecular weight is 420 g/mol. The highest BCUT2D eigenvalue weighted by Gasteiger charge is 2.44. The molecular formula is C24H24N2O5. The van der Waals surface area contributed by atoms with E-state index in [1.165, 1.54) is 29.2 Å². The van der Waals surface area contributed by atoms with Crippen LogP contribution in [0.3, 0.4) is 0 Å². The van der Waals surface area contributed by atoms with E-state index in [1.807, 2.05) is 12.1 Å². The Morgan fingerprint density at radius 3 is 2.39 bits per heavy atom.